The quantitative estimate of drug-likeness (QED) is 0.728. The second-order valence-corrected chi connectivity index (χ2v) is 5.42. The van der Waals surface area contributed by atoms with E-state index in [1.165, 1.54) is 19.3 Å². The normalized spacial score (nSPS) is 30.2. The van der Waals surface area contributed by atoms with Gasteiger partial charge in [0.25, 0.3) is 0 Å². The first-order chi connectivity index (χ1) is 7.09. The predicted molar refractivity (Wildman–Crippen MR) is 64.9 cm³/mol. The van der Waals surface area contributed by atoms with Crippen LogP contribution >= 0.6 is 0 Å². The van der Waals surface area contributed by atoms with Gasteiger partial charge in [-0.05, 0) is 32.1 Å². The van der Waals surface area contributed by atoms with Crippen LogP contribution in [0.15, 0.2) is 0 Å². The van der Waals surface area contributed by atoms with Gasteiger partial charge in [-0.3, -0.25) is 0 Å². The van der Waals surface area contributed by atoms with Crippen molar-refractivity contribution in [2.45, 2.75) is 77.5 Å². The molecule has 0 saturated heterocycles. The van der Waals surface area contributed by atoms with Crippen LogP contribution in [0.2, 0.25) is 0 Å². The van der Waals surface area contributed by atoms with Crippen molar-refractivity contribution in [2.75, 3.05) is 0 Å². The van der Waals surface area contributed by atoms with Gasteiger partial charge in [0.05, 0.1) is 12.2 Å². The number of hydrogen-bond acceptors (Lipinski definition) is 2. The van der Waals surface area contributed by atoms with E-state index in [0.717, 1.165) is 19.3 Å². The Kier molecular flexibility index (Phi) is 5.62. The second-order valence-electron chi connectivity index (χ2n) is 5.42. The van der Waals surface area contributed by atoms with Crippen LogP contribution in [0.4, 0.5) is 0 Å². The molecule has 0 spiro atoms. The lowest BCUT2D eigenvalue weighted by Gasteiger charge is -2.26. The number of hydrogen-bond donors (Lipinski definition) is 1. The maximum atomic E-state index is 6.13. The molecule has 0 aromatic rings. The summed E-state index contributed by atoms with van der Waals surface area (Å²) in [6.07, 6.45) is 7.99. The highest BCUT2D eigenvalue weighted by Gasteiger charge is 2.22. The molecule has 2 heteroatoms. The molecule has 3 atom stereocenters. The fraction of sp³-hybridized carbons (Fsp3) is 1.00. The number of nitrogens with two attached hydrogens (primary N) is 1. The zero-order valence-corrected chi connectivity index (χ0v) is 10.5. The molecule has 1 aliphatic carbocycles. The Bertz CT molecular complexity index is 170. The van der Waals surface area contributed by atoms with Gasteiger partial charge in [-0.25, -0.2) is 0 Å². The van der Waals surface area contributed by atoms with Gasteiger partial charge in [-0.1, -0.05) is 33.1 Å². The predicted octanol–water partition coefficient (Wildman–Crippen LogP) is 3.10. The minimum absolute atomic E-state index is 0.266. The Morgan fingerprint density at radius 3 is 2.47 bits per heavy atom. The smallest absolute Gasteiger partial charge is 0.0729 e. The van der Waals surface area contributed by atoms with E-state index in [1.807, 2.05) is 0 Å². The first-order valence-corrected chi connectivity index (χ1v) is 6.50. The molecule has 0 bridgehead atoms. The summed E-state index contributed by atoms with van der Waals surface area (Å²) in [4.78, 5) is 0. The van der Waals surface area contributed by atoms with E-state index >= 15 is 0 Å². The van der Waals surface area contributed by atoms with E-state index in [0.29, 0.717) is 18.1 Å². The molecule has 0 aromatic carbocycles. The van der Waals surface area contributed by atoms with Crippen molar-refractivity contribution in [3.63, 3.8) is 0 Å². The second kappa shape index (κ2) is 6.49. The van der Waals surface area contributed by atoms with E-state index in [1.54, 1.807) is 0 Å². The van der Waals surface area contributed by atoms with Crippen LogP contribution in [0.3, 0.4) is 0 Å². The summed E-state index contributed by atoms with van der Waals surface area (Å²) in [5.41, 5.74) is 6.13. The van der Waals surface area contributed by atoms with Gasteiger partial charge in [0.2, 0.25) is 0 Å². The lowest BCUT2D eigenvalue weighted by Crippen LogP contribution is -2.38. The molecule has 1 saturated carbocycles. The third kappa shape index (κ3) is 4.98. The molecule has 15 heavy (non-hydrogen) atoms. The summed E-state index contributed by atoms with van der Waals surface area (Å²) in [5, 5.41) is 0. The SMILES string of the molecule is CC(C)CC(C)OC1CCCCCC1N. The third-order valence-electron chi connectivity index (χ3n) is 3.21. The molecule has 1 rings (SSSR count). The number of ether oxygens (including phenoxy) is 1. The molecule has 2 nitrogen and oxygen atoms in total. The van der Waals surface area contributed by atoms with Crippen molar-refractivity contribution < 1.29 is 4.74 Å². The monoisotopic (exact) mass is 213 g/mol. The number of rotatable bonds is 4. The Morgan fingerprint density at radius 2 is 1.80 bits per heavy atom. The summed E-state index contributed by atoms with van der Waals surface area (Å²) in [5.74, 6) is 0.710. The topological polar surface area (TPSA) is 35.2 Å². The summed E-state index contributed by atoms with van der Waals surface area (Å²) in [6, 6.07) is 0.266. The van der Waals surface area contributed by atoms with Gasteiger partial charge in [-0.15, -0.1) is 0 Å². The van der Waals surface area contributed by atoms with Gasteiger partial charge in [-0.2, -0.15) is 0 Å². The first kappa shape index (κ1) is 13.0. The van der Waals surface area contributed by atoms with Crippen LogP contribution in [-0.4, -0.2) is 18.2 Å². The van der Waals surface area contributed by atoms with Crippen LogP contribution in [-0.2, 0) is 4.74 Å². The van der Waals surface area contributed by atoms with Crippen molar-refractivity contribution in [3.8, 4) is 0 Å². The van der Waals surface area contributed by atoms with Crippen molar-refractivity contribution >= 4 is 0 Å². The van der Waals surface area contributed by atoms with Crippen molar-refractivity contribution in [1.82, 2.24) is 0 Å². The lowest BCUT2D eigenvalue weighted by molar-refractivity contribution is -0.0274. The van der Waals surface area contributed by atoms with Crippen LogP contribution in [0, 0.1) is 5.92 Å². The molecule has 0 radical (unpaired) electrons. The summed E-state index contributed by atoms with van der Waals surface area (Å²) in [7, 11) is 0. The van der Waals surface area contributed by atoms with E-state index in [-0.39, 0.29) is 6.04 Å². The highest BCUT2D eigenvalue weighted by molar-refractivity contribution is 4.78. The van der Waals surface area contributed by atoms with Crippen molar-refractivity contribution in [3.05, 3.63) is 0 Å². The summed E-state index contributed by atoms with van der Waals surface area (Å²) in [6.45, 7) is 6.66. The van der Waals surface area contributed by atoms with E-state index in [2.05, 4.69) is 20.8 Å². The van der Waals surface area contributed by atoms with Gasteiger partial charge in [0.1, 0.15) is 0 Å². The van der Waals surface area contributed by atoms with Crippen LogP contribution in [0.25, 0.3) is 0 Å². The highest BCUT2D eigenvalue weighted by Crippen LogP contribution is 2.21. The fourth-order valence-corrected chi connectivity index (χ4v) is 2.49. The molecule has 0 heterocycles. The standard InChI is InChI=1S/C13H27NO/c1-10(2)9-11(3)15-13-8-6-4-5-7-12(13)14/h10-13H,4-9,14H2,1-3H3. The molecular weight excluding hydrogens is 186 g/mol. The molecule has 0 aromatic heterocycles. The zero-order chi connectivity index (χ0) is 11.3. The summed E-state index contributed by atoms with van der Waals surface area (Å²) >= 11 is 0. The van der Waals surface area contributed by atoms with Crippen LogP contribution in [0.5, 0.6) is 0 Å². The van der Waals surface area contributed by atoms with Crippen LogP contribution < -0.4 is 5.73 Å². The molecule has 0 aliphatic heterocycles. The maximum absolute atomic E-state index is 6.13. The average molecular weight is 213 g/mol. The molecule has 2 N–H and O–H groups in total. The van der Waals surface area contributed by atoms with E-state index < -0.39 is 0 Å². The minimum Gasteiger partial charge on any atom is -0.374 e. The van der Waals surface area contributed by atoms with Gasteiger partial charge < -0.3 is 10.5 Å². The Balaban J connectivity index is 2.33. The third-order valence-corrected chi connectivity index (χ3v) is 3.21. The van der Waals surface area contributed by atoms with Gasteiger partial charge >= 0.3 is 0 Å². The Hall–Kier alpha value is -0.0800. The average Bonchev–Trinajstić information content (AvgIpc) is 2.30. The molecular formula is C13H27NO. The fourth-order valence-electron chi connectivity index (χ4n) is 2.49. The zero-order valence-electron chi connectivity index (χ0n) is 10.5. The van der Waals surface area contributed by atoms with E-state index in [4.69, 9.17) is 10.5 Å². The van der Waals surface area contributed by atoms with Crippen molar-refractivity contribution in [1.29, 1.82) is 0 Å². The molecule has 3 unspecified atom stereocenters. The molecule has 1 fully saturated rings. The molecule has 0 amide bonds. The minimum atomic E-state index is 0.266. The molecule has 1 aliphatic rings. The first-order valence-electron chi connectivity index (χ1n) is 6.50. The van der Waals surface area contributed by atoms with Gasteiger partial charge in [0, 0.05) is 6.04 Å². The van der Waals surface area contributed by atoms with Gasteiger partial charge in [0.15, 0.2) is 0 Å². The largest absolute Gasteiger partial charge is 0.374 e. The summed E-state index contributed by atoms with van der Waals surface area (Å²) < 4.78 is 6.07. The van der Waals surface area contributed by atoms with E-state index in [9.17, 15) is 0 Å². The molecule has 90 valence electrons. The Labute approximate surface area is 94.6 Å². The maximum Gasteiger partial charge on any atom is 0.0729 e. The van der Waals surface area contributed by atoms with Crippen molar-refractivity contribution in [2.24, 2.45) is 11.7 Å². The highest BCUT2D eigenvalue weighted by atomic mass is 16.5. The van der Waals surface area contributed by atoms with Crippen LogP contribution in [0.1, 0.15) is 59.3 Å². The lowest BCUT2D eigenvalue weighted by atomic mass is 10.0. The Morgan fingerprint density at radius 1 is 1.13 bits per heavy atom.